The van der Waals surface area contributed by atoms with Crippen molar-refractivity contribution in [1.29, 1.82) is 0 Å². The molecule has 1 heterocycles. The van der Waals surface area contributed by atoms with Gasteiger partial charge in [-0.2, -0.15) is 0 Å². The number of phenols is 1. The Morgan fingerprint density at radius 1 is 1.12 bits per heavy atom. The van der Waals surface area contributed by atoms with Gasteiger partial charge in [-0.3, -0.25) is 0 Å². The summed E-state index contributed by atoms with van der Waals surface area (Å²) in [7, 11) is 0. The molecule has 0 aliphatic rings. The average molecular weight is 570 g/mol. The molecule has 0 amide bonds. The van der Waals surface area contributed by atoms with Gasteiger partial charge in [-0.05, 0) is 54.5 Å². The first-order valence-electron chi connectivity index (χ1n) is 13.8. The van der Waals surface area contributed by atoms with Gasteiger partial charge in [-0.25, -0.2) is 9.59 Å². The minimum absolute atomic E-state index is 0.0161. The van der Waals surface area contributed by atoms with E-state index in [9.17, 15) is 14.7 Å². The molecule has 0 aliphatic heterocycles. The van der Waals surface area contributed by atoms with Crippen LogP contribution in [0.25, 0.3) is 16.7 Å². The van der Waals surface area contributed by atoms with Crippen LogP contribution in [0.15, 0.2) is 42.5 Å². The van der Waals surface area contributed by atoms with Crippen molar-refractivity contribution in [3.05, 3.63) is 58.6 Å². The van der Waals surface area contributed by atoms with Gasteiger partial charge in [0.05, 0.1) is 6.61 Å². The highest BCUT2D eigenvalue weighted by Gasteiger charge is 2.29. The fourth-order valence-electron chi connectivity index (χ4n) is 4.32. The van der Waals surface area contributed by atoms with E-state index in [4.69, 9.17) is 21.1 Å². The number of aromatic hydroxyl groups is 1. The Hall–Kier alpha value is -3.39. The Morgan fingerprint density at radius 3 is 2.45 bits per heavy atom. The fourth-order valence-corrected chi connectivity index (χ4v) is 4.49. The van der Waals surface area contributed by atoms with Crippen molar-refractivity contribution in [1.82, 2.24) is 15.0 Å². The number of esters is 2. The zero-order valence-corrected chi connectivity index (χ0v) is 25.0. The zero-order valence-electron chi connectivity index (χ0n) is 24.3. The molecular formula is C31H40ClN3O5. The van der Waals surface area contributed by atoms with Crippen LogP contribution in [0.3, 0.4) is 0 Å². The SMILES string of the molecule is C=C(C)C(=O)OC(Cc1cc(-n2nc3ccc(Cl)cc3n2)c(O)c(C(C)(C)C)c1)C(=O)OCC(CC)CCCC. The summed E-state index contributed by atoms with van der Waals surface area (Å²) in [6.45, 7) is 15.5. The summed E-state index contributed by atoms with van der Waals surface area (Å²) in [6, 6.07) is 8.66. The predicted octanol–water partition coefficient (Wildman–Crippen LogP) is 6.87. The van der Waals surface area contributed by atoms with Crippen LogP contribution in [0.2, 0.25) is 5.02 Å². The number of benzene rings is 2. The number of rotatable bonds is 12. The molecule has 2 unspecified atom stereocenters. The average Bonchev–Trinajstić information content (AvgIpc) is 3.31. The summed E-state index contributed by atoms with van der Waals surface area (Å²) in [5.41, 5.74) is 2.51. The maximum Gasteiger partial charge on any atom is 0.347 e. The Bertz CT molecular complexity index is 1380. The summed E-state index contributed by atoms with van der Waals surface area (Å²) in [6.07, 6.45) is 2.81. The summed E-state index contributed by atoms with van der Waals surface area (Å²) in [5, 5.41) is 20.8. The van der Waals surface area contributed by atoms with Gasteiger partial charge in [-0.15, -0.1) is 15.0 Å². The van der Waals surface area contributed by atoms with Crippen molar-refractivity contribution in [3.8, 4) is 11.4 Å². The molecule has 0 saturated heterocycles. The van der Waals surface area contributed by atoms with Crippen LogP contribution in [0, 0.1) is 5.92 Å². The van der Waals surface area contributed by atoms with Crippen LogP contribution in [0.5, 0.6) is 5.75 Å². The molecule has 2 atom stereocenters. The van der Waals surface area contributed by atoms with Gasteiger partial charge < -0.3 is 14.6 Å². The lowest BCUT2D eigenvalue weighted by Gasteiger charge is -2.24. The third-order valence-corrected chi connectivity index (χ3v) is 7.04. The first-order chi connectivity index (χ1) is 18.8. The molecule has 8 nitrogen and oxygen atoms in total. The number of aromatic nitrogens is 3. The molecule has 3 rings (SSSR count). The Kier molecular flexibility index (Phi) is 10.4. The standard InChI is InChI=1S/C31H40ClN3O5/c1-8-10-11-20(9-2)18-39-30(38)27(40-29(37)19(3)4)16-21-14-23(31(5,6)7)28(36)26(15-21)35-33-24-13-12-22(32)17-25(24)34-35/h12-15,17,20,27,36H,3,8-11,16,18H2,1-2,4-7H3. The van der Waals surface area contributed by atoms with E-state index < -0.39 is 23.5 Å². The van der Waals surface area contributed by atoms with Crippen molar-refractivity contribution in [2.75, 3.05) is 6.61 Å². The molecule has 9 heteroatoms. The largest absolute Gasteiger partial charge is 0.505 e. The van der Waals surface area contributed by atoms with Crippen molar-refractivity contribution >= 4 is 34.6 Å². The smallest absolute Gasteiger partial charge is 0.347 e. The number of halogens is 1. The fraction of sp³-hybridized carbons (Fsp3) is 0.484. The quantitative estimate of drug-likeness (QED) is 0.187. The van der Waals surface area contributed by atoms with Crippen molar-refractivity contribution in [3.63, 3.8) is 0 Å². The summed E-state index contributed by atoms with van der Waals surface area (Å²) < 4.78 is 11.2. The molecule has 0 fully saturated rings. The molecule has 216 valence electrons. The topological polar surface area (TPSA) is 104 Å². The van der Waals surface area contributed by atoms with E-state index in [1.54, 1.807) is 24.3 Å². The van der Waals surface area contributed by atoms with E-state index in [0.717, 1.165) is 25.7 Å². The first-order valence-corrected chi connectivity index (χ1v) is 14.1. The van der Waals surface area contributed by atoms with Crippen molar-refractivity contribution in [2.45, 2.75) is 85.2 Å². The lowest BCUT2D eigenvalue weighted by atomic mass is 9.84. The van der Waals surface area contributed by atoms with E-state index in [-0.39, 0.29) is 30.3 Å². The number of carbonyl (C=O) groups is 2. The minimum atomic E-state index is -1.19. The van der Waals surface area contributed by atoms with E-state index >= 15 is 0 Å². The molecular weight excluding hydrogens is 530 g/mol. The maximum atomic E-state index is 13.2. The molecule has 0 saturated carbocycles. The highest BCUT2D eigenvalue weighted by molar-refractivity contribution is 6.31. The second kappa shape index (κ2) is 13.3. The Labute approximate surface area is 241 Å². The van der Waals surface area contributed by atoms with Crippen LogP contribution >= 0.6 is 11.6 Å². The Balaban J connectivity index is 2.00. The first kappa shape index (κ1) is 31.1. The third-order valence-electron chi connectivity index (χ3n) is 6.80. The van der Waals surface area contributed by atoms with E-state index in [2.05, 4.69) is 30.6 Å². The highest BCUT2D eigenvalue weighted by Crippen LogP contribution is 2.37. The number of hydrogen-bond donors (Lipinski definition) is 1. The second-order valence-electron chi connectivity index (χ2n) is 11.3. The molecule has 2 aromatic carbocycles. The zero-order chi connectivity index (χ0) is 29.6. The molecule has 0 bridgehead atoms. The number of carbonyl (C=O) groups excluding carboxylic acids is 2. The van der Waals surface area contributed by atoms with Gasteiger partial charge in [-0.1, -0.05) is 78.1 Å². The van der Waals surface area contributed by atoms with Crippen LogP contribution in [-0.4, -0.2) is 44.7 Å². The van der Waals surface area contributed by atoms with Crippen molar-refractivity contribution < 1.29 is 24.2 Å². The van der Waals surface area contributed by atoms with Gasteiger partial charge >= 0.3 is 11.9 Å². The lowest BCUT2D eigenvalue weighted by molar-refractivity contribution is -0.166. The second-order valence-corrected chi connectivity index (χ2v) is 11.7. The van der Waals surface area contributed by atoms with Crippen LogP contribution in [-0.2, 0) is 30.9 Å². The van der Waals surface area contributed by atoms with Gasteiger partial charge in [0.2, 0.25) is 6.10 Å². The predicted molar refractivity (Wildman–Crippen MR) is 157 cm³/mol. The van der Waals surface area contributed by atoms with Crippen LogP contribution < -0.4 is 0 Å². The van der Waals surface area contributed by atoms with Gasteiger partial charge in [0.15, 0.2) is 0 Å². The number of nitrogens with zero attached hydrogens (tertiary/aromatic N) is 3. The molecule has 40 heavy (non-hydrogen) atoms. The van der Waals surface area contributed by atoms with E-state index in [0.29, 0.717) is 32.9 Å². The van der Waals surface area contributed by atoms with E-state index in [1.807, 2.05) is 26.8 Å². The summed E-state index contributed by atoms with van der Waals surface area (Å²) in [5.74, 6) is -1.04. The number of phenolic OH excluding ortho intramolecular Hbond substituents is 1. The van der Waals surface area contributed by atoms with Crippen LogP contribution in [0.1, 0.15) is 78.4 Å². The summed E-state index contributed by atoms with van der Waals surface area (Å²) in [4.78, 5) is 27.1. The monoisotopic (exact) mass is 569 g/mol. The number of ether oxygens (including phenoxy) is 2. The third kappa shape index (κ3) is 7.84. The Morgan fingerprint density at radius 2 is 1.82 bits per heavy atom. The van der Waals surface area contributed by atoms with Gasteiger partial charge in [0.25, 0.3) is 0 Å². The number of fused-ring (bicyclic) bond motifs is 1. The molecule has 0 spiro atoms. The molecule has 1 aromatic heterocycles. The molecule has 3 aromatic rings. The summed E-state index contributed by atoms with van der Waals surface area (Å²) >= 11 is 6.13. The number of hydrogen-bond acceptors (Lipinski definition) is 7. The molecule has 0 radical (unpaired) electrons. The highest BCUT2D eigenvalue weighted by atomic mass is 35.5. The van der Waals surface area contributed by atoms with Crippen molar-refractivity contribution in [2.24, 2.45) is 5.92 Å². The van der Waals surface area contributed by atoms with Crippen LogP contribution in [0.4, 0.5) is 0 Å². The normalized spacial score (nSPS) is 13.2. The van der Waals surface area contributed by atoms with Gasteiger partial charge in [0.1, 0.15) is 22.5 Å². The van der Waals surface area contributed by atoms with Gasteiger partial charge in [0, 0.05) is 22.6 Å². The lowest BCUT2D eigenvalue weighted by Crippen LogP contribution is -2.33. The number of unbranched alkanes of at least 4 members (excludes halogenated alkanes) is 1. The van der Waals surface area contributed by atoms with E-state index in [1.165, 1.54) is 11.7 Å². The molecule has 1 N–H and O–H groups in total. The maximum absolute atomic E-state index is 13.2. The minimum Gasteiger partial charge on any atom is -0.505 e. The molecule has 0 aliphatic carbocycles.